The molecule has 0 fully saturated rings. The van der Waals surface area contributed by atoms with Crippen molar-refractivity contribution >= 4 is 32.4 Å². The number of nitrogens with one attached hydrogen (secondary N) is 1. The Morgan fingerprint density at radius 2 is 2.04 bits per heavy atom. The summed E-state index contributed by atoms with van der Waals surface area (Å²) in [6.07, 6.45) is 1.61. The lowest BCUT2D eigenvalue weighted by molar-refractivity contribution is -0.116. The summed E-state index contributed by atoms with van der Waals surface area (Å²) in [5, 5.41) is 2.96. The zero-order chi connectivity index (χ0) is 18.4. The van der Waals surface area contributed by atoms with Crippen molar-refractivity contribution in [1.29, 1.82) is 0 Å². The van der Waals surface area contributed by atoms with Gasteiger partial charge in [0.15, 0.2) is 5.13 Å². The lowest BCUT2D eigenvalue weighted by Crippen LogP contribution is -2.39. The third kappa shape index (κ3) is 5.30. The van der Waals surface area contributed by atoms with E-state index in [0.717, 1.165) is 33.4 Å². The van der Waals surface area contributed by atoms with Gasteiger partial charge in [-0.1, -0.05) is 0 Å². The Morgan fingerprint density at radius 3 is 2.60 bits per heavy atom. The number of aromatic nitrogens is 1. The van der Waals surface area contributed by atoms with Crippen LogP contribution in [0.25, 0.3) is 0 Å². The zero-order valence-electron chi connectivity index (χ0n) is 13.7. The first-order valence-corrected chi connectivity index (χ1v) is 9.55. The summed E-state index contributed by atoms with van der Waals surface area (Å²) in [4.78, 5) is 17.0. The van der Waals surface area contributed by atoms with Gasteiger partial charge >= 0.3 is 0 Å². The molecule has 0 bridgehead atoms. The number of anilines is 1. The van der Waals surface area contributed by atoms with Crippen LogP contribution >= 0.6 is 11.3 Å². The number of hydrogen-bond acceptors (Lipinski definition) is 6. The molecule has 2 rings (SSSR count). The van der Waals surface area contributed by atoms with Gasteiger partial charge in [0.05, 0.1) is 18.0 Å². The third-order valence-electron chi connectivity index (χ3n) is 3.18. The summed E-state index contributed by atoms with van der Waals surface area (Å²) in [5.41, 5.74) is 0. The van der Waals surface area contributed by atoms with Crippen LogP contribution in [0.4, 0.5) is 9.52 Å². The van der Waals surface area contributed by atoms with Crippen LogP contribution in [-0.2, 0) is 19.6 Å². The van der Waals surface area contributed by atoms with Crippen molar-refractivity contribution in [3.63, 3.8) is 0 Å². The summed E-state index contributed by atoms with van der Waals surface area (Å²) in [7, 11) is -2.53. The molecule has 0 radical (unpaired) electrons. The van der Waals surface area contributed by atoms with E-state index in [-0.39, 0.29) is 18.0 Å². The van der Waals surface area contributed by atoms with E-state index in [1.54, 1.807) is 6.20 Å². The average molecular weight is 387 g/mol. The summed E-state index contributed by atoms with van der Waals surface area (Å²) in [6, 6.07) is 4.43. The van der Waals surface area contributed by atoms with Crippen LogP contribution in [-0.4, -0.2) is 50.4 Å². The maximum atomic E-state index is 13.0. The van der Waals surface area contributed by atoms with Crippen molar-refractivity contribution in [1.82, 2.24) is 9.29 Å². The largest absolute Gasteiger partial charge is 0.383 e. The van der Waals surface area contributed by atoms with Crippen LogP contribution in [0.5, 0.6) is 0 Å². The van der Waals surface area contributed by atoms with Crippen molar-refractivity contribution in [3.05, 3.63) is 41.2 Å². The molecule has 0 aliphatic carbocycles. The Kier molecular flexibility index (Phi) is 6.59. The molecule has 1 heterocycles. The van der Waals surface area contributed by atoms with Crippen LogP contribution in [0, 0.1) is 12.7 Å². The van der Waals surface area contributed by atoms with Gasteiger partial charge in [-0.25, -0.2) is 17.8 Å². The first-order valence-electron chi connectivity index (χ1n) is 7.30. The van der Waals surface area contributed by atoms with Crippen LogP contribution in [0.15, 0.2) is 35.4 Å². The molecule has 0 aliphatic rings. The second-order valence-corrected chi connectivity index (χ2v) is 8.28. The topological polar surface area (TPSA) is 88.6 Å². The maximum Gasteiger partial charge on any atom is 0.243 e. The fraction of sp³-hybridized carbons (Fsp3) is 0.333. The molecular formula is C15H18FN3O4S2. The second kappa shape index (κ2) is 8.48. The molecule has 0 spiro atoms. The van der Waals surface area contributed by atoms with Crippen molar-refractivity contribution in [2.24, 2.45) is 0 Å². The lowest BCUT2D eigenvalue weighted by atomic mass is 10.4. The number of carbonyl (C=O) groups is 1. The van der Waals surface area contributed by atoms with Crippen LogP contribution in [0.1, 0.15) is 4.88 Å². The summed E-state index contributed by atoms with van der Waals surface area (Å²) < 4.78 is 44.3. The Bertz CT molecular complexity index is 822. The molecule has 1 aromatic carbocycles. The van der Waals surface area contributed by atoms with Gasteiger partial charge in [-0.05, 0) is 31.2 Å². The molecule has 1 amide bonds. The molecule has 1 N–H and O–H groups in total. The minimum Gasteiger partial charge on any atom is -0.383 e. The number of rotatable bonds is 8. The van der Waals surface area contributed by atoms with E-state index >= 15 is 0 Å². The van der Waals surface area contributed by atoms with Crippen molar-refractivity contribution in [3.8, 4) is 0 Å². The Hall–Kier alpha value is -1.88. The number of hydrogen-bond donors (Lipinski definition) is 1. The first-order chi connectivity index (χ1) is 11.8. The van der Waals surface area contributed by atoms with E-state index in [1.165, 1.54) is 18.4 Å². The van der Waals surface area contributed by atoms with Crippen molar-refractivity contribution < 1.29 is 22.3 Å². The smallest absolute Gasteiger partial charge is 0.243 e. The fourth-order valence-electron chi connectivity index (χ4n) is 1.96. The van der Waals surface area contributed by atoms with Crippen LogP contribution < -0.4 is 5.32 Å². The predicted molar refractivity (Wildman–Crippen MR) is 92.5 cm³/mol. The molecule has 136 valence electrons. The molecule has 0 aliphatic heterocycles. The normalized spacial score (nSPS) is 11.7. The maximum absolute atomic E-state index is 13.0. The number of sulfonamides is 1. The molecule has 0 atom stereocenters. The van der Waals surface area contributed by atoms with Gasteiger partial charge < -0.3 is 10.1 Å². The second-order valence-electron chi connectivity index (χ2n) is 5.11. The Morgan fingerprint density at radius 1 is 1.36 bits per heavy atom. The highest BCUT2D eigenvalue weighted by Crippen LogP contribution is 2.18. The summed E-state index contributed by atoms with van der Waals surface area (Å²) in [5.74, 6) is -1.06. The van der Waals surface area contributed by atoms with Crippen LogP contribution in [0.3, 0.4) is 0 Å². The molecule has 2 aromatic rings. The molecule has 0 saturated heterocycles. The summed E-state index contributed by atoms with van der Waals surface area (Å²) >= 11 is 1.29. The number of amides is 1. The number of thiazole rings is 1. The van der Waals surface area contributed by atoms with Gasteiger partial charge in [0.1, 0.15) is 5.82 Å². The molecule has 1 aromatic heterocycles. The van der Waals surface area contributed by atoms with Crippen LogP contribution in [0.2, 0.25) is 0 Å². The van der Waals surface area contributed by atoms with Gasteiger partial charge in [0.2, 0.25) is 15.9 Å². The predicted octanol–water partition coefficient (Wildman–Crippen LogP) is 1.87. The minimum atomic E-state index is -3.96. The molecule has 25 heavy (non-hydrogen) atoms. The van der Waals surface area contributed by atoms with E-state index in [4.69, 9.17) is 4.74 Å². The highest BCUT2D eigenvalue weighted by Gasteiger charge is 2.26. The Balaban J connectivity index is 2.16. The highest BCUT2D eigenvalue weighted by atomic mass is 32.2. The SMILES string of the molecule is COCCN(CC(=O)Nc1ncc(C)s1)S(=O)(=O)c1ccc(F)cc1. The number of benzene rings is 1. The van der Waals surface area contributed by atoms with E-state index in [1.807, 2.05) is 6.92 Å². The molecule has 10 heteroatoms. The van der Waals surface area contributed by atoms with Gasteiger partial charge in [0.25, 0.3) is 0 Å². The monoisotopic (exact) mass is 387 g/mol. The van der Waals surface area contributed by atoms with E-state index in [0.29, 0.717) is 5.13 Å². The van der Waals surface area contributed by atoms with Gasteiger partial charge in [-0.15, -0.1) is 11.3 Å². The zero-order valence-corrected chi connectivity index (χ0v) is 15.4. The van der Waals surface area contributed by atoms with Crippen molar-refractivity contribution in [2.75, 3.05) is 32.1 Å². The van der Waals surface area contributed by atoms with Gasteiger partial charge in [0, 0.05) is 24.7 Å². The molecular weight excluding hydrogens is 369 g/mol. The number of nitrogens with zero attached hydrogens (tertiary/aromatic N) is 2. The number of aryl methyl sites for hydroxylation is 1. The lowest BCUT2D eigenvalue weighted by Gasteiger charge is -2.21. The van der Waals surface area contributed by atoms with E-state index in [2.05, 4.69) is 10.3 Å². The summed E-state index contributed by atoms with van der Waals surface area (Å²) in [6.45, 7) is 1.55. The highest BCUT2D eigenvalue weighted by molar-refractivity contribution is 7.89. The third-order valence-corrected chi connectivity index (χ3v) is 5.87. The Labute approximate surface area is 149 Å². The quantitative estimate of drug-likeness (QED) is 0.747. The number of carbonyl (C=O) groups excluding carboxylic acids is 1. The van der Waals surface area contributed by atoms with E-state index < -0.39 is 28.3 Å². The standard InChI is InChI=1S/C15H18FN3O4S2/c1-11-9-17-15(24-11)18-14(20)10-19(7-8-23-2)25(21,22)13-5-3-12(16)4-6-13/h3-6,9H,7-8,10H2,1-2H3,(H,17,18,20). The number of ether oxygens (including phenoxy) is 1. The fourth-order valence-corrected chi connectivity index (χ4v) is 4.03. The van der Waals surface area contributed by atoms with Crippen molar-refractivity contribution in [2.45, 2.75) is 11.8 Å². The average Bonchev–Trinajstić information content (AvgIpc) is 2.96. The number of halogens is 1. The van der Waals surface area contributed by atoms with E-state index in [9.17, 15) is 17.6 Å². The molecule has 0 saturated carbocycles. The molecule has 0 unspecified atom stereocenters. The van der Waals surface area contributed by atoms with Gasteiger partial charge in [-0.2, -0.15) is 4.31 Å². The first kappa shape index (κ1) is 19.4. The minimum absolute atomic E-state index is 0.0134. The molecule has 7 nitrogen and oxygen atoms in total. The number of methoxy groups -OCH3 is 1. The van der Waals surface area contributed by atoms with Gasteiger partial charge in [-0.3, -0.25) is 4.79 Å².